The van der Waals surface area contributed by atoms with Crippen molar-refractivity contribution in [2.75, 3.05) is 0 Å². The van der Waals surface area contributed by atoms with Crippen LogP contribution in [0, 0.1) is 6.92 Å². The minimum Gasteiger partial charge on any atom is -0.268 e. The van der Waals surface area contributed by atoms with Crippen molar-refractivity contribution in [1.29, 1.82) is 0 Å². The zero-order valence-electron chi connectivity index (χ0n) is 11.3. The van der Waals surface area contributed by atoms with Crippen molar-refractivity contribution in [1.82, 2.24) is 29.6 Å². The van der Waals surface area contributed by atoms with E-state index in [0.717, 1.165) is 12.1 Å². The molecule has 0 fully saturated rings. The Hall–Kier alpha value is -2.57. The average Bonchev–Trinajstić information content (AvgIpc) is 2.88. The predicted octanol–water partition coefficient (Wildman–Crippen LogP) is 1.07. The fourth-order valence-electron chi connectivity index (χ4n) is 2.07. The van der Waals surface area contributed by atoms with E-state index in [4.69, 9.17) is 0 Å². The van der Waals surface area contributed by atoms with Crippen LogP contribution in [0.3, 0.4) is 0 Å². The standard InChI is InChI=1S/C13H14N6O/c1-3-7-18-16-12(15-17-18)10-8-14-11-6-4-5-9(2)19(11)13(10)20/h4-6,8H,3,7H2,1-2H3. The first-order chi connectivity index (χ1) is 9.70. The highest BCUT2D eigenvalue weighted by Gasteiger charge is 2.13. The Morgan fingerprint density at radius 1 is 1.30 bits per heavy atom. The molecule has 3 heterocycles. The van der Waals surface area contributed by atoms with Gasteiger partial charge >= 0.3 is 0 Å². The maximum absolute atomic E-state index is 12.5. The SMILES string of the molecule is CCCn1nnc(-c2cnc3cccc(C)n3c2=O)n1. The topological polar surface area (TPSA) is 78.0 Å². The quantitative estimate of drug-likeness (QED) is 0.711. The van der Waals surface area contributed by atoms with Gasteiger partial charge in [-0.2, -0.15) is 4.80 Å². The van der Waals surface area contributed by atoms with Gasteiger partial charge in [0.1, 0.15) is 11.2 Å². The Labute approximate surface area is 114 Å². The molecule has 7 nitrogen and oxygen atoms in total. The molecule has 7 heteroatoms. The largest absolute Gasteiger partial charge is 0.269 e. The van der Waals surface area contributed by atoms with Crippen LogP contribution in [0.15, 0.2) is 29.2 Å². The third-order valence-corrected chi connectivity index (χ3v) is 3.04. The van der Waals surface area contributed by atoms with E-state index in [2.05, 4.69) is 20.4 Å². The first-order valence-electron chi connectivity index (χ1n) is 6.46. The lowest BCUT2D eigenvalue weighted by Gasteiger charge is -2.04. The summed E-state index contributed by atoms with van der Waals surface area (Å²) in [5.41, 5.74) is 1.62. The van der Waals surface area contributed by atoms with E-state index < -0.39 is 0 Å². The van der Waals surface area contributed by atoms with Crippen molar-refractivity contribution >= 4 is 5.65 Å². The first kappa shape index (κ1) is 12.5. The zero-order chi connectivity index (χ0) is 14.1. The van der Waals surface area contributed by atoms with Gasteiger partial charge in [0.15, 0.2) is 0 Å². The summed E-state index contributed by atoms with van der Waals surface area (Å²) in [6, 6.07) is 5.52. The van der Waals surface area contributed by atoms with Gasteiger partial charge in [0.05, 0.1) is 6.54 Å². The van der Waals surface area contributed by atoms with Crippen molar-refractivity contribution < 1.29 is 0 Å². The molecule has 0 saturated carbocycles. The highest BCUT2D eigenvalue weighted by atomic mass is 16.1. The van der Waals surface area contributed by atoms with Crippen LogP contribution >= 0.6 is 0 Å². The molecule has 3 aromatic heterocycles. The normalized spacial score (nSPS) is 11.1. The minimum atomic E-state index is -0.177. The van der Waals surface area contributed by atoms with E-state index in [9.17, 15) is 4.79 Å². The van der Waals surface area contributed by atoms with Crippen LogP contribution in [0.1, 0.15) is 19.0 Å². The van der Waals surface area contributed by atoms with Crippen molar-refractivity contribution in [2.45, 2.75) is 26.8 Å². The van der Waals surface area contributed by atoms with Crippen LogP contribution in [0.2, 0.25) is 0 Å². The number of aryl methyl sites for hydroxylation is 2. The van der Waals surface area contributed by atoms with Gasteiger partial charge in [-0.15, -0.1) is 10.2 Å². The molecule has 0 aromatic carbocycles. The Kier molecular flexibility index (Phi) is 3.02. The molecule has 3 rings (SSSR count). The second-order valence-electron chi connectivity index (χ2n) is 4.55. The Balaban J connectivity index is 2.19. The molecular weight excluding hydrogens is 256 g/mol. The molecule has 0 unspecified atom stereocenters. The van der Waals surface area contributed by atoms with E-state index >= 15 is 0 Å². The molecular formula is C13H14N6O. The van der Waals surface area contributed by atoms with Crippen LogP contribution in [0.5, 0.6) is 0 Å². The van der Waals surface area contributed by atoms with E-state index in [1.807, 2.05) is 26.0 Å². The number of pyridine rings is 1. The van der Waals surface area contributed by atoms with Gasteiger partial charge in [0.2, 0.25) is 5.82 Å². The molecule has 0 bridgehead atoms. The highest BCUT2D eigenvalue weighted by Crippen LogP contribution is 2.09. The number of rotatable bonds is 3. The van der Waals surface area contributed by atoms with Gasteiger partial charge in [-0.3, -0.25) is 9.20 Å². The van der Waals surface area contributed by atoms with E-state index in [0.29, 0.717) is 23.6 Å². The number of hydrogen-bond acceptors (Lipinski definition) is 5. The summed E-state index contributed by atoms with van der Waals surface area (Å²) in [7, 11) is 0. The number of fused-ring (bicyclic) bond motifs is 1. The fraction of sp³-hybridized carbons (Fsp3) is 0.308. The molecule has 0 spiro atoms. The van der Waals surface area contributed by atoms with Crippen LogP contribution in [-0.4, -0.2) is 29.6 Å². The van der Waals surface area contributed by atoms with Crippen LogP contribution in [0.25, 0.3) is 17.0 Å². The Bertz CT molecular complexity index is 819. The lowest BCUT2D eigenvalue weighted by atomic mass is 10.3. The second kappa shape index (κ2) is 4.84. The fourth-order valence-corrected chi connectivity index (χ4v) is 2.07. The molecule has 0 saturated heterocycles. The maximum atomic E-state index is 12.5. The van der Waals surface area contributed by atoms with Gasteiger partial charge in [0, 0.05) is 11.9 Å². The van der Waals surface area contributed by atoms with Crippen molar-refractivity contribution in [2.24, 2.45) is 0 Å². The number of tetrazole rings is 1. The number of aromatic nitrogens is 6. The van der Waals surface area contributed by atoms with Gasteiger partial charge in [-0.1, -0.05) is 13.0 Å². The van der Waals surface area contributed by atoms with Gasteiger partial charge in [0.25, 0.3) is 5.56 Å². The van der Waals surface area contributed by atoms with Gasteiger partial charge in [-0.25, -0.2) is 4.98 Å². The maximum Gasteiger partial charge on any atom is 0.269 e. The van der Waals surface area contributed by atoms with E-state index in [1.165, 1.54) is 11.0 Å². The number of hydrogen-bond donors (Lipinski definition) is 0. The molecule has 3 aromatic rings. The Morgan fingerprint density at radius 2 is 2.15 bits per heavy atom. The summed E-state index contributed by atoms with van der Waals surface area (Å²) in [5, 5.41) is 12.1. The molecule has 0 aliphatic rings. The highest BCUT2D eigenvalue weighted by molar-refractivity contribution is 5.54. The zero-order valence-corrected chi connectivity index (χ0v) is 11.3. The predicted molar refractivity (Wildman–Crippen MR) is 73.3 cm³/mol. The number of nitrogens with zero attached hydrogens (tertiary/aromatic N) is 6. The minimum absolute atomic E-state index is 0.177. The summed E-state index contributed by atoms with van der Waals surface area (Å²) >= 11 is 0. The lowest BCUT2D eigenvalue weighted by molar-refractivity contribution is 0.515. The molecule has 102 valence electrons. The summed E-state index contributed by atoms with van der Waals surface area (Å²) in [6.07, 6.45) is 2.41. The molecule has 0 N–H and O–H groups in total. The summed E-state index contributed by atoms with van der Waals surface area (Å²) in [4.78, 5) is 18.3. The van der Waals surface area contributed by atoms with Crippen molar-refractivity contribution in [3.63, 3.8) is 0 Å². The Morgan fingerprint density at radius 3 is 2.95 bits per heavy atom. The monoisotopic (exact) mass is 270 g/mol. The van der Waals surface area contributed by atoms with Crippen LogP contribution in [-0.2, 0) is 6.54 Å². The van der Waals surface area contributed by atoms with Crippen LogP contribution < -0.4 is 5.56 Å². The third-order valence-electron chi connectivity index (χ3n) is 3.04. The van der Waals surface area contributed by atoms with Crippen LogP contribution in [0.4, 0.5) is 0 Å². The summed E-state index contributed by atoms with van der Waals surface area (Å²) < 4.78 is 1.55. The molecule has 0 aliphatic carbocycles. The van der Waals surface area contributed by atoms with E-state index in [-0.39, 0.29) is 5.56 Å². The first-order valence-corrected chi connectivity index (χ1v) is 6.46. The third kappa shape index (κ3) is 1.97. The molecule has 0 atom stereocenters. The molecule has 0 radical (unpaired) electrons. The summed E-state index contributed by atoms with van der Waals surface area (Å²) in [6.45, 7) is 4.56. The molecule has 0 aliphatic heterocycles. The van der Waals surface area contributed by atoms with Gasteiger partial charge < -0.3 is 0 Å². The van der Waals surface area contributed by atoms with Crippen molar-refractivity contribution in [3.05, 3.63) is 40.4 Å². The average molecular weight is 270 g/mol. The second-order valence-corrected chi connectivity index (χ2v) is 4.55. The van der Waals surface area contributed by atoms with Crippen molar-refractivity contribution in [3.8, 4) is 11.4 Å². The summed E-state index contributed by atoms with van der Waals surface area (Å²) in [5.74, 6) is 0.314. The van der Waals surface area contributed by atoms with Gasteiger partial charge in [-0.05, 0) is 30.7 Å². The lowest BCUT2D eigenvalue weighted by Crippen LogP contribution is -2.19. The molecule has 20 heavy (non-hydrogen) atoms. The molecule has 0 amide bonds. The smallest absolute Gasteiger partial charge is 0.268 e. The van der Waals surface area contributed by atoms with E-state index in [1.54, 1.807) is 10.5 Å².